The van der Waals surface area contributed by atoms with Gasteiger partial charge in [-0.15, -0.1) is 0 Å². The second kappa shape index (κ2) is 9.26. The van der Waals surface area contributed by atoms with Crippen molar-refractivity contribution in [2.75, 3.05) is 38.2 Å². The van der Waals surface area contributed by atoms with Crippen LogP contribution in [0.1, 0.15) is 5.69 Å². The van der Waals surface area contributed by atoms with E-state index in [1.807, 2.05) is 30.0 Å². The Morgan fingerprint density at radius 3 is 2.59 bits per heavy atom. The summed E-state index contributed by atoms with van der Waals surface area (Å²) in [5.74, 6) is 0.600. The number of benzene rings is 1. The van der Waals surface area contributed by atoms with E-state index in [1.165, 1.54) is 6.07 Å². The molecule has 3 heterocycles. The maximum Gasteiger partial charge on any atom is 0.248 e. The highest BCUT2D eigenvalue weighted by atomic mass is 35.5. The number of anilines is 1. The smallest absolute Gasteiger partial charge is 0.248 e. The largest absolute Gasteiger partial charge is 0.495 e. The number of H-pyrrole nitrogens is 1. The molecule has 168 valence electrons. The zero-order valence-corrected chi connectivity index (χ0v) is 19.3. The van der Waals surface area contributed by atoms with Crippen LogP contribution in [-0.2, 0) is 11.3 Å². The summed E-state index contributed by atoms with van der Waals surface area (Å²) in [6.45, 7) is 4.49. The number of amides is 1. The minimum atomic E-state index is -0.238. The number of aromatic nitrogens is 3. The molecule has 1 aromatic carbocycles. The first kappa shape index (κ1) is 22.2. The highest BCUT2D eigenvalue weighted by Crippen LogP contribution is 2.30. The number of methoxy groups -OCH3 is 1. The van der Waals surface area contributed by atoms with Gasteiger partial charge in [0.05, 0.1) is 22.8 Å². The van der Waals surface area contributed by atoms with E-state index in [0.717, 1.165) is 5.69 Å². The molecular formula is C22H23Cl2N5O3. The zero-order chi connectivity index (χ0) is 22.8. The Morgan fingerprint density at radius 1 is 1.16 bits per heavy atom. The van der Waals surface area contributed by atoms with Gasteiger partial charge in [0.15, 0.2) is 0 Å². The van der Waals surface area contributed by atoms with Gasteiger partial charge in [-0.2, -0.15) is 5.10 Å². The van der Waals surface area contributed by atoms with E-state index in [4.69, 9.17) is 27.9 Å². The molecule has 1 N–H and O–H groups in total. The van der Waals surface area contributed by atoms with Crippen LogP contribution >= 0.6 is 23.2 Å². The highest BCUT2D eigenvalue weighted by Gasteiger charge is 2.24. The molecule has 0 aliphatic carbocycles. The van der Waals surface area contributed by atoms with Gasteiger partial charge in [-0.1, -0.05) is 23.2 Å². The fourth-order valence-electron chi connectivity index (χ4n) is 3.74. The molecule has 0 saturated carbocycles. The van der Waals surface area contributed by atoms with Gasteiger partial charge in [-0.3, -0.25) is 14.3 Å². The number of ether oxygens (including phenoxy) is 1. The van der Waals surface area contributed by atoms with Crippen LogP contribution in [0.5, 0.6) is 5.75 Å². The molecular weight excluding hydrogens is 453 g/mol. The van der Waals surface area contributed by atoms with E-state index in [1.54, 1.807) is 24.1 Å². The number of hydrogen-bond donors (Lipinski definition) is 1. The molecule has 10 heteroatoms. The number of halogens is 2. The molecule has 0 atom stereocenters. The predicted molar refractivity (Wildman–Crippen MR) is 125 cm³/mol. The van der Waals surface area contributed by atoms with Crippen molar-refractivity contribution in [2.24, 2.45) is 0 Å². The lowest BCUT2D eigenvalue weighted by molar-refractivity contribution is -0.132. The number of hydrogen-bond acceptors (Lipinski definition) is 5. The van der Waals surface area contributed by atoms with E-state index in [0.29, 0.717) is 58.9 Å². The van der Waals surface area contributed by atoms with Gasteiger partial charge in [0.1, 0.15) is 18.0 Å². The standard InChI is InChI=1S/C22H23Cl2N5O3/c1-14-21(24)22(15-5-6-25-19(30)11-15)26-29(14)13-20(31)28-9-7-27(8-10-28)16-3-4-17(23)18(12-16)32-2/h3-6,11-12H,7-10,13H2,1-2H3,(H,25,30). The summed E-state index contributed by atoms with van der Waals surface area (Å²) in [4.78, 5) is 31.1. The van der Waals surface area contributed by atoms with E-state index in [-0.39, 0.29) is 18.0 Å². The number of carbonyl (C=O) groups excluding carboxylic acids is 1. The average molecular weight is 476 g/mol. The third-order valence-corrected chi connectivity index (χ3v) is 6.36. The fraction of sp³-hybridized carbons (Fsp3) is 0.318. The molecule has 4 rings (SSSR count). The second-order valence-electron chi connectivity index (χ2n) is 7.53. The molecule has 1 aliphatic rings. The third kappa shape index (κ3) is 4.47. The van der Waals surface area contributed by atoms with Crippen LogP contribution in [-0.4, -0.2) is 58.9 Å². The van der Waals surface area contributed by atoms with Crippen molar-refractivity contribution in [1.82, 2.24) is 19.7 Å². The lowest BCUT2D eigenvalue weighted by Gasteiger charge is -2.36. The van der Waals surface area contributed by atoms with Crippen LogP contribution in [0.15, 0.2) is 41.3 Å². The Balaban J connectivity index is 1.42. The number of nitrogens with zero attached hydrogens (tertiary/aromatic N) is 4. The molecule has 0 spiro atoms. The molecule has 1 fully saturated rings. The number of aromatic amines is 1. The molecule has 0 bridgehead atoms. The van der Waals surface area contributed by atoms with Gasteiger partial charge in [-0.05, 0) is 25.1 Å². The fourth-order valence-corrected chi connectivity index (χ4v) is 4.18. The Labute approximate surface area is 195 Å². The van der Waals surface area contributed by atoms with Crippen molar-refractivity contribution in [3.8, 4) is 17.0 Å². The summed E-state index contributed by atoms with van der Waals surface area (Å²) in [7, 11) is 1.59. The van der Waals surface area contributed by atoms with Crippen LogP contribution < -0.4 is 15.2 Å². The number of nitrogens with one attached hydrogen (secondary N) is 1. The molecule has 32 heavy (non-hydrogen) atoms. The molecule has 3 aromatic rings. The van der Waals surface area contributed by atoms with Gasteiger partial charge >= 0.3 is 0 Å². The Morgan fingerprint density at radius 2 is 1.91 bits per heavy atom. The van der Waals surface area contributed by atoms with Crippen LogP contribution in [0, 0.1) is 6.92 Å². The summed E-state index contributed by atoms with van der Waals surface area (Å²) < 4.78 is 6.90. The van der Waals surface area contributed by atoms with E-state index in [2.05, 4.69) is 15.0 Å². The monoisotopic (exact) mass is 475 g/mol. The Hall–Kier alpha value is -2.97. The number of piperazine rings is 1. The van der Waals surface area contributed by atoms with Crippen molar-refractivity contribution in [2.45, 2.75) is 13.5 Å². The van der Waals surface area contributed by atoms with Crippen LogP contribution in [0.3, 0.4) is 0 Å². The van der Waals surface area contributed by atoms with Crippen molar-refractivity contribution >= 4 is 34.8 Å². The Kier molecular flexibility index (Phi) is 6.43. The van der Waals surface area contributed by atoms with Gasteiger partial charge in [0, 0.05) is 55.8 Å². The zero-order valence-electron chi connectivity index (χ0n) is 17.8. The second-order valence-corrected chi connectivity index (χ2v) is 8.32. The van der Waals surface area contributed by atoms with Crippen molar-refractivity contribution in [3.63, 3.8) is 0 Å². The van der Waals surface area contributed by atoms with Gasteiger partial charge in [0.25, 0.3) is 0 Å². The van der Waals surface area contributed by atoms with E-state index >= 15 is 0 Å². The maximum absolute atomic E-state index is 12.9. The topological polar surface area (TPSA) is 83.5 Å². The normalized spacial score (nSPS) is 14.0. The van der Waals surface area contributed by atoms with Crippen molar-refractivity contribution < 1.29 is 9.53 Å². The number of carbonyl (C=O) groups is 1. The van der Waals surface area contributed by atoms with Crippen LogP contribution in [0.4, 0.5) is 5.69 Å². The summed E-state index contributed by atoms with van der Waals surface area (Å²) in [5.41, 5.74) is 2.56. The van der Waals surface area contributed by atoms with Gasteiger partial charge in [0.2, 0.25) is 11.5 Å². The van der Waals surface area contributed by atoms with Crippen molar-refractivity contribution in [3.05, 3.63) is 62.6 Å². The van der Waals surface area contributed by atoms with E-state index < -0.39 is 0 Å². The lowest BCUT2D eigenvalue weighted by Crippen LogP contribution is -2.49. The first-order chi connectivity index (χ1) is 15.4. The summed E-state index contributed by atoms with van der Waals surface area (Å²) in [5, 5.41) is 5.50. The van der Waals surface area contributed by atoms with Crippen molar-refractivity contribution in [1.29, 1.82) is 0 Å². The predicted octanol–water partition coefficient (Wildman–Crippen LogP) is 3.21. The van der Waals surface area contributed by atoms with Crippen LogP contribution in [0.2, 0.25) is 10.0 Å². The molecule has 1 saturated heterocycles. The first-order valence-corrected chi connectivity index (χ1v) is 10.9. The molecule has 0 radical (unpaired) electrons. The molecule has 8 nitrogen and oxygen atoms in total. The molecule has 1 aliphatic heterocycles. The average Bonchev–Trinajstić information content (AvgIpc) is 3.08. The lowest BCUT2D eigenvalue weighted by atomic mass is 10.2. The molecule has 0 unspecified atom stereocenters. The van der Waals surface area contributed by atoms with Crippen LogP contribution in [0.25, 0.3) is 11.3 Å². The minimum absolute atomic E-state index is 0.0296. The summed E-state index contributed by atoms with van der Waals surface area (Å²) in [6.07, 6.45) is 1.54. The Bertz CT molecular complexity index is 1200. The minimum Gasteiger partial charge on any atom is -0.495 e. The highest BCUT2D eigenvalue weighted by molar-refractivity contribution is 6.33. The van der Waals surface area contributed by atoms with Gasteiger partial charge < -0.3 is 19.5 Å². The number of pyridine rings is 1. The molecule has 2 aromatic heterocycles. The van der Waals surface area contributed by atoms with Gasteiger partial charge in [-0.25, -0.2) is 0 Å². The quantitative estimate of drug-likeness (QED) is 0.612. The summed E-state index contributed by atoms with van der Waals surface area (Å²) >= 11 is 12.6. The maximum atomic E-state index is 12.9. The third-order valence-electron chi connectivity index (χ3n) is 5.60. The summed E-state index contributed by atoms with van der Waals surface area (Å²) in [6, 6.07) is 8.84. The van der Waals surface area contributed by atoms with E-state index in [9.17, 15) is 9.59 Å². The molecule has 1 amide bonds. The first-order valence-electron chi connectivity index (χ1n) is 10.2. The SMILES string of the molecule is COc1cc(N2CCN(C(=O)Cn3nc(-c4cc[nH]c(=O)c4)c(Cl)c3C)CC2)ccc1Cl. The number of rotatable bonds is 5.